The van der Waals surface area contributed by atoms with E-state index in [0.29, 0.717) is 6.42 Å². The highest BCUT2D eigenvalue weighted by atomic mass is 16.5. The molecule has 0 saturated heterocycles. The molecule has 11 nitrogen and oxygen atoms in total. The van der Waals surface area contributed by atoms with Crippen molar-refractivity contribution >= 4 is 29.7 Å². The van der Waals surface area contributed by atoms with Crippen LogP contribution in [-0.2, 0) is 42.4 Å². The average Bonchev–Trinajstić information content (AvgIpc) is 3.29. The molecule has 5 rings (SSSR count). The molecule has 0 radical (unpaired) electrons. The Balaban J connectivity index is 1.38. The van der Waals surface area contributed by atoms with Gasteiger partial charge in [0, 0.05) is 31.5 Å². The van der Waals surface area contributed by atoms with Gasteiger partial charge in [-0.05, 0) is 53.5 Å². The quantitative estimate of drug-likeness (QED) is 0.0302. The zero-order valence-corrected chi connectivity index (χ0v) is 35.6. The summed E-state index contributed by atoms with van der Waals surface area (Å²) in [7, 11) is 0. The summed E-state index contributed by atoms with van der Waals surface area (Å²) in [5.74, 6) is -1.93. The maximum absolute atomic E-state index is 14.3. The van der Waals surface area contributed by atoms with Gasteiger partial charge in [-0.1, -0.05) is 172 Å². The molecule has 0 heterocycles. The van der Waals surface area contributed by atoms with Gasteiger partial charge in [-0.3, -0.25) is 14.4 Å². The van der Waals surface area contributed by atoms with E-state index in [4.69, 9.17) is 4.74 Å². The lowest BCUT2D eigenvalue weighted by Crippen LogP contribution is -2.56. The summed E-state index contributed by atoms with van der Waals surface area (Å²) >= 11 is 0. The molecule has 0 spiro atoms. The van der Waals surface area contributed by atoms with Gasteiger partial charge in [-0.25, -0.2) is 9.59 Å². The molecule has 322 valence electrons. The molecule has 0 aliphatic carbocycles. The monoisotopic (exact) mass is 835 g/mol. The minimum atomic E-state index is -1.08. The SMILES string of the molecule is CCOC(=O)/C=C/[C@H](CCC(=O)NC(c1ccccc1)(c1ccccc1)c1ccccc1)NC(=O)[C@H](Cc1ccccc1)NC(=O)[C@H](CC(C)C)NC(=O)NCc1ccccc1. The molecular weight excluding hydrogens is 779 g/mol. The van der Waals surface area contributed by atoms with Crippen LogP contribution in [0.15, 0.2) is 164 Å². The Labute approximate surface area is 364 Å². The number of urea groups is 1. The van der Waals surface area contributed by atoms with Crippen LogP contribution in [0.3, 0.4) is 0 Å². The standard InChI is InChI=1S/C51H57N5O6/c1-4-62-47(58)33-31-43(30-32-46(57)56-51(40-24-14-7-15-25-40,41-26-16-8-17-27-41)42-28-18-9-19-29-42)53-48(59)45(35-38-20-10-5-11-21-38)54-49(60)44(34-37(2)3)55-50(61)52-36-39-22-12-6-13-23-39/h5-29,31,33,37,43-45H,4,30,32,34-36H2,1-3H3,(H,53,59)(H,54,60)(H,56,57)(H2,52,55,61)/b33-31+/t43-,44-,45-/m0/s1. The predicted octanol–water partition coefficient (Wildman–Crippen LogP) is 7.12. The lowest BCUT2D eigenvalue weighted by atomic mass is 9.77. The number of carbonyl (C=O) groups is 5. The highest BCUT2D eigenvalue weighted by Gasteiger charge is 2.38. The van der Waals surface area contributed by atoms with E-state index in [0.717, 1.165) is 27.8 Å². The van der Waals surface area contributed by atoms with Gasteiger partial charge in [0.1, 0.15) is 17.6 Å². The maximum Gasteiger partial charge on any atom is 0.330 e. The van der Waals surface area contributed by atoms with Gasteiger partial charge < -0.3 is 31.3 Å². The summed E-state index contributed by atoms with van der Waals surface area (Å²) < 4.78 is 5.13. The van der Waals surface area contributed by atoms with E-state index in [1.165, 1.54) is 12.2 Å². The summed E-state index contributed by atoms with van der Waals surface area (Å²) in [5.41, 5.74) is 3.21. The Kier molecular flexibility index (Phi) is 17.6. The number of rotatable bonds is 21. The minimum absolute atomic E-state index is 0.0366. The third-order valence-corrected chi connectivity index (χ3v) is 10.2. The van der Waals surface area contributed by atoms with Crippen molar-refractivity contribution in [2.45, 2.75) is 76.7 Å². The van der Waals surface area contributed by atoms with Crippen LogP contribution < -0.4 is 26.6 Å². The van der Waals surface area contributed by atoms with Crippen molar-refractivity contribution in [2.75, 3.05) is 6.61 Å². The Bertz CT molecular complexity index is 2110. The molecule has 0 bridgehead atoms. The molecule has 5 aromatic carbocycles. The van der Waals surface area contributed by atoms with Crippen LogP contribution in [0, 0.1) is 5.92 Å². The molecule has 0 unspecified atom stereocenters. The van der Waals surface area contributed by atoms with Crippen molar-refractivity contribution < 1.29 is 28.7 Å². The fourth-order valence-corrected chi connectivity index (χ4v) is 7.25. The van der Waals surface area contributed by atoms with E-state index in [1.807, 2.05) is 166 Å². The number of amides is 5. The zero-order chi connectivity index (χ0) is 44.2. The van der Waals surface area contributed by atoms with Crippen LogP contribution in [0.25, 0.3) is 0 Å². The van der Waals surface area contributed by atoms with Crippen LogP contribution in [0.2, 0.25) is 0 Å². The topological polar surface area (TPSA) is 155 Å². The van der Waals surface area contributed by atoms with Crippen LogP contribution in [0.5, 0.6) is 0 Å². The first-order valence-electron chi connectivity index (χ1n) is 21.1. The molecule has 11 heteroatoms. The van der Waals surface area contributed by atoms with Crippen molar-refractivity contribution in [1.82, 2.24) is 26.6 Å². The third kappa shape index (κ3) is 13.8. The van der Waals surface area contributed by atoms with E-state index < -0.39 is 47.5 Å². The molecule has 0 aliphatic rings. The molecule has 5 N–H and O–H groups in total. The second-order valence-corrected chi connectivity index (χ2v) is 15.4. The van der Waals surface area contributed by atoms with Crippen molar-refractivity contribution in [3.63, 3.8) is 0 Å². The molecule has 0 aromatic heterocycles. The largest absolute Gasteiger partial charge is 0.463 e. The average molecular weight is 836 g/mol. The lowest BCUT2D eigenvalue weighted by Gasteiger charge is -2.37. The Morgan fingerprint density at radius 3 is 1.60 bits per heavy atom. The van der Waals surface area contributed by atoms with Crippen molar-refractivity contribution in [2.24, 2.45) is 5.92 Å². The first kappa shape index (κ1) is 46.1. The molecule has 62 heavy (non-hydrogen) atoms. The first-order chi connectivity index (χ1) is 30.1. The van der Waals surface area contributed by atoms with Crippen LogP contribution in [0.4, 0.5) is 4.79 Å². The van der Waals surface area contributed by atoms with Crippen molar-refractivity contribution in [1.29, 1.82) is 0 Å². The second kappa shape index (κ2) is 23.7. The maximum atomic E-state index is 14.3. The molecular formula is C51H57N5O6. The van der Waals surface area contributed by atoms with Gasteiger partial charge in [0.25, 0.3) is 0 Å². The molecule has 0 aliphatic heterocycles. The van der Waals surface area contributed by atoms with Gasteiger partial charge in [0.2, 0.25) is 17.7 Å². The van der Waals surface area contributed by atoms with Crippen molar-refractivity contribution in [3.8, 4) is 0 Å². The number of carbonyl (C=O) groups excluding carboxylic acids is 5. The van der Waals surface area contributed by atoms with Crippen LogP contribution in [-0.4, -0.2) is 54.5 Å². The highest BCUT2D eigenvalue weighted by molar-refractivity contribution is 5.92. The molecule has 5 amide bonds. The normalized spacial score (nSPS) is 12.7. The van der Waals surface area contributed by atoms with Crippen LogP contribution in [0.1, 0.15) is 67.9 Å². The smallest absolute Gasteiger partial charge is 0.330 e. The number of esters is 1. The summed E-state index contributed by atoms with van der Waals surface area (Å²) in [6.07, 6.45) is 3.25. The number of benzene rings is 5. The molecule has 0 fully saturated rings. The fraction of sp³-hybridized carbons (Fsp3) is 0.275. The van der Waals surface area contributed by atoms with E-state index in [-0.39, 0.29) is 44.2 Å². The zero-order valence-electron chi connectivity index (χ0n) is 35.6. The lowest BCUT2D eigenvalue weighted by molar-refractivity contribution is -0.137. The van der Waals surface area contributed by atoms with Gasteiger partial charge in [0.05, 0.1) is 6.61 Å². The summed E-state index contributed by atoms with van der Waals surface area (Å²) in [6, 6.07) is 44.5. The van der Waals surface area contributed by atoms with Crippen molar-refractivity contribution in [3.05, 3.63) is 192 Å². The first-order valence-corrected chi connectivity index (χ1v) is 21.1. The van der Waals surface area contributed by atoms with Gasteiger partial charge in [0.15, 0.2) is 0 Å². The van der Waals surface area contributed by atoms with E-state index >= 15 is 0 Å². The van der Waals surface area contributed by atoms with Gasteiger partial charge in [-0.2, -0.15) is 0 Å². The Morgan fingerprint density at radius 2 is 1.10 bits per heavy atom. The highest BCUT2D eigenvalue weighted by Crippen LogP contribution is 2.37. The van der Waals surface area contributed by atoms with Crippen LogP contribution >= 0.6 is 0 Å². The third-order valence-electron chi connectivity index (χ3n) is 10.2. The number of ether oxygens (including phenoxy) is 1. The van der Waals surface area contributed by atoms with Gasteiger partial charge in [-0.15, -0.1) is 0 Å². The fourth-order valence-electron chi connectivity index (χ4n) is 7.25. The summed E-state index contributed by atoms with van der Waals surface area (Å²) in [5, 5.41) is 14.8. The van der Waals surface area contributed by atoms with E-state index in [9.17, 15) is 24.0 Å². The number of hydrogen-bond acceptors (Lipinski definition) is 6. The van der Waals surface area contributed by atoms with E-state index in [2.05, 4.69) is 26.6 Å². The van der Waals surface area contributed by atoms with E-state index in [1.54, 1.807) is 6.92 Å². The number of hydrogen-bond donors (Lipinski definition) is 5. The molecule has 3 atom stereocenters. The number of nitrogens with one attached hydrogen (secondary N) is 5. The summed E-state index contributed by atoms with van der Waals surface area (Å²) in [6.45, 7) is 6.01. The Morgan fingerprint density at radius 1 is 0.613 bits per heavy atom. The predicted molar refractivity (Wildman–Crippen MR) is 241 cm³/mol. The second-order valence-electron chi connectivity index (χ2n) is 15.4. The minimum Gasteiger partial charge on any atom is -0.463 e. The molecule has 5 aromatic rings. The van der Waals surface area contributed by atoms with Gasteiger partial charge >= 0.3 is 12.0 Å². The Hall–Kier alpha value is -7.01. The summed E-state index contributed by atoms with van der Waals surface area (Å²) in [4.78, 5) is 68.2. The molecule has 0 saturated carbocycles.